The van der Waals surface area contributed by atoms with Crippen LogP contribution in [0, 0.1) is 29.1 Å². The van der Waals surface area contributed by atoms with Crippen molar-refractivity contribution in [1.82, 2.24) is 25.3 Å². The number of carbonyl (C=O) groups is 4. The topological polar surface area (TPSA) is 119 Å². The van der Waals surface area contributed by atoms with E-state index >= 15 is 0 Å². The van der Waals surface area contributed by atoms with Crippen molar-refractivity contribution in [3.05, 3.63) is 24.4 Å². The SMILES string of the molecule is CC(C)[C@@H](NC(=O)C12CC3CC(CC(C3)C1)C2)C(=O)N1CCC2(CC1)C(=O)N(C)C(=O)N2c1ccc2[nH]ncc2c1. The van der Waals surface area contributed by atoms with Gasteiger partial charge in [-0.1, -0.05) is 13.8 Å². The standard InChI is InChI=1S/C31H40N6O4/c1-18(2)25(33-27(39)30-14-19-10-20(15-30)12-21(11-19)16-30)26(38)36-8-6-31(7-9-36)28(40)35(3)29(41)37(31)23-4-5-24-22(13-23)17-32-34-24/h4-5,13,17-21,25H,6-12,14-16H2,1-3H3,(H,32,34)(H,33,39)/t19?,20?,21?,25-,30?/m1/s1. The smallest absolute Gasteiger partial charge is 0.331 e. The number of nitrogens with zero attached hydrogens (tertiary/aromatic N) is 4. The van der Waals surface area contributed by atoms with Crippen LogP contribution in [0.4, 0.5) is 10.5 Å². The number of amides is 5. The van der Waals surface area contributed by atoms with E-state index in [0.717, 1.165) is 30.2 Å². The van der Waals surface area contributed by atoms with Crippen LogP contribution >= 0.6 is 0 Å². The first-order chi connectivity index (χ1) is 19.6. The Morgan fingerprint density at radius 3 is 2.27 bits per heavy atom. The minimum atomic E-state index is -1.05. The van der Waals surface area contributed by atoms with Gasteiger partial charge in [0.1, 0.15) is 11.6 Å². The Kier molecular flexibility index (Phi) is 6.00. The second kappa shape index (κ2) is 9.29. The number of H-pyrrole nitrogens is 1. The highest BCUT2D eigenvalue weighted by molar-refractivity contribution is 6.17. The molecule has 41 heavy (non-hydrogen) atoms. The number of urea groups is 1. The molecule has 3 heterocycles. The summed E-state index contributed by atoms with van der Waals surface area (Å²) in [6, 6.07) is 4.60. The third-order valence-corrected chi connectivity index (χ3v) is 10.9. The molecule has 8 rings (SSSR count). The molecule has 2 aromatic rings. The van der Waals surface area contributed by atoms with E-state index < -0.39 is 11.6 Å². The van der Waals surface area contributed by atoms with E-state index in [9.17, 15) is 19.2 Å². The molecule has 1 spiro atoms. The Bertz CT molecular complexity index is 1390. The summed E-state index contributed by atoms with van der Waals surface area (Å²) in [5.74, 6) is 1.63. The van der Waals surface area contributed by atoms with Crippen LogP contribution < -0.4 is 10.2 Å². The number of nitrogens with one attached hydrogen (secondary N) is 2. The Morgan fingerprint density at radius 2 is 1.66 bits per heavy atom. The number of hydrogen-bond acceptors (Lipinski definition) is 5. The number of hydrogen-bond donors (Lipinski definition) is 2. The van der Waals surface area contributed by atoms with Gasteiger partial charge in [0.2, 0.25) is 11.8 Å². The van der Waals surface area contributed by atoms with E-state index in [1.807, 2.05) is 32.0 Å². The van der Waals surface area contributed by atoms with Crippen LogP contribution in [0.15, 0.2) is 24.4 Å². The summed E-state index contributed by atoms with van der Waals surface area (Å²) < 4.78 is 0. The molecular weight excluding hydrogens is 520 g/mol. The summed E-state index contributed by atoms with van der Waals surface area (Å²) in [6.45, 7) is 4.64. The van der Waals surface area contributed by atoms with E-state index in [0.29, 0.717) is 49.4 Å². The van der Waals surface area contributed by atoms with Gasteiger partial charge in [0.25, 0.3) is 5.91 Å². The first-order valence-electron chi connectivity index (χ1n) is 15.3. The third-order valence-electron chi connectivity index (χ3n) is 10.9. The number of fused-ring (bicyclic) bond motifs is 1. The monoisotopic (exact) mass is 560 g/mol. The zero-order valence-corrected chi connectivity index (χ0v) is 24.2. The fraction of sp³-hybridized carbons (Fsp3) is 0.645. The minimum Gasteiger partial charge on any atom is -0.344 e. The van der Waals surface area contributed by atoms with Crippen LogP contribution in [-0.2, 0) is 14.4 Å². The highest BCUT2D eigenvalue weighted by atomic mass is 16.2. The molecule has 0 unspecified atom stereocenters. The molecule has 5 amide bonds. The first-order valence-corrected chi connectivity index (χ1v) is 15.3. The van der Waals surface area contributed by atoms with Crippen LogP contribution in [0.2, 0.25) is 0 Å². The summed E-state index contributed by atoms with van der Waals surface area (Å²) in [7, 11) is 1.52. The van der Waals surface area contributed by atoms with Gasteiger partial charge < -0.3 is 10.2 Å². The highest BCUT2D eigenvalue weighted by Gasteiger charge is 2.59. The lowest BCUT2D eigenvalue weighted by Gasteiger charge is -2.56. The molecule has 218 valence electrons. The third kappa shape index (κ3) is 4.00. The van der Waals surface area contributed by atoms with Crippen molar-refractivity contribution in [2.45, 2.75) is 76.8 Å². The second-order valence-electron chi connectivity index (χ2n) is 13.9. The summed E-state index contributed by atoms with van der Waals surface area (Å²) in [6.07, 6.45) is 9.03. The number of aromatic nitrogens is 2. The number of rotatable bonds is 5. The fourth-order valence-corrected chi connectivity index (χ4v) is 9.18. The molecule has 10 heteroatoms. The molecule has 2 aliphatic heterocycles. The van der Waals surface area contributed by atoms with Crippen LogP contribution in [0.5, 0.6) is 0 Å². The summed E-state index contributed by atoms with van der Waals surface area (Å²) >= 11 is 0. The lowest BCUT2D eigenvalue weighted by Crippen LogP contribution is -2.62. The number of likely N-dealkylation sites (N-methyl/N-ethyl adjacent to an activating group) is 1. The zero-order chi connectivity index (χ0) is 28.7. The zero-order valence-electron chi connectivity index (χ0n) is 24.2. The molecule has 4 aliphatic carbocycles. The number of likely N-dealkylation sites (tertiary alicyclic amines) is 1. The van der Waals surface area contributed by atoms with Crippen LogP contribution in [0.3, 0.4) is 0 Å². The average Bonchev–Trinajstić information content (AvgIpc) is 3.48. The number of piperidine rings is 1. The lowest BCUT2D eigenvalue weighted by atomic mass is 9.49. The van der Waals surface area contributed by atoms with Gasteiger partial charge in [-0.2, -0.15) is 5.10 Å². The second-order valence-corrected chi connectivity index (χ2v) is 13.9. The summed E-state index contributed by atoms with van der Waals surface area (Å²) in [4.78, 5) is 59.2. The van der Waals surface area contributed by atoms with Gasteiger partial charge in [0.05, 0.1) is 11.7 Å². The predicted octanol–water partition coefficient (Wildman–Crippen LogP) is 3.68. The van der Waals surface area contributed by atoms with Crippen molar-refractivity contribution >= 4 is 40.3 Å². The molecule has 4 bridgehead atoms. The molecule has 1 atom stereocenters. The number of benzene rings is 1. The maximum absolute atomic E-state index is 13.9. The predicted molar refractivity (Wildman–Crippen MR) is 153 cm³/mol. The van der Waals surface area contributed by atoms with E-state index in [1.165, 1.54) is 31.2 Å². The van der Waals surface area contributed by atoms with Crippen LogP contribution in [0.1, 0.15) is 65.2 Å². The van der Waals surface area contributed by atoms with Gasteiger partial charge in [-0.05, 0) is 93.2 Å². The summed E-state index contributed by atoms with van der Waals surface area (Å²) in [5, 5.41) is 11.1. The molecule has 0 radical (unpaired) electrons. The molecule has 2 saturated heterocycles. The number of anilines is 1. The van der Waals surface area contributed by atoms with Gasteiger partial charge in [-0.3, -0.25) is 29.3 Å². The minimum absolute atomic E-state index is 0.0599. The number of imide groups is 1. The van der Waals surface area contributed by atoms with Crippen LogP contribution in [-0.4, -0.2) is 75.5 Å². The largest absolute Gasteiger partial charge is 0.344 e. The van der Waals surface area contributed by atoms with Crippen molar-refractivity contribution in [3.8, 4) is 0 Å². The molecule has 2 N–H and O–H groups in total. The molecular formula is C31H40N6O4. The number of carbonyl (C=O) groups excluding carboxylic acids is 4. The van der Waals surface area contributed by atoms with Crippen molar-refractivity contribution in [2.75, 3.05) is 25.0 Å². The highest BCUT2D eigenvalue weighted by Crippen LogP contribution is 2.60. The Labute approximate surface area is 240 Å². The van der Waals surface area contributed by atoms with Crippen molar-refractivity contribution in [1.29, 1.82) is 0 Å². The van der Waals surface area contributed by atoms with E-state index in [4.69, 9.17) is 0 Å². The Morgan fingerprint density at radius 1 is 1.02 bits per heavy atom. The van der Waals surface area contributed by atoms with Crippen molar-refractivity contribution in [3.63, 3.8) is 0 Å². The van der Waals surface area contributed by atoms with E-state index in [1.54, 1.807) is 16.0 Å². The first kappa shape index (κ1) is 26.5. The van der Waals surface area contributed by atoms with Gasteiger partial charge in [-0.15, -0.1) is 0 Å². The molecule has 1 aromatic heterocycles. The molecule has 10 nitrogen and oxygen atoms in total. The van der Waals surface area contributed by atoms with Crippen molar-refractivity contribution in [2.24, 2.45) is 29.1 Å². The molecule has 1 aromatic carbocycles. The van der Waals surface area contributed by atoms with Gasteiger partial charge in [0.15, 0.2) is 0 Å². The quantitative estimate of drug-likeness (QED) is 0.541. The maximum atomic E-state index is 13.9. The summed E-state index contributed by atoms with van der Waals surface area (Å²) in [5.41, 5.74) is 0.135. The molecule has 6 fully saturated rings. The Hall–Kier alpha value is -3.43. The number of aromatic amines is 1. The van der Waals surface area contributed by atoms with Gasteiger partial charge in [-0.25, -0.2) is 4.79 Å². The Balaban J connectivity index is 1.08. The average molecular weight is 561 g/mol. The van der Waals surface area contributed by atoms with Crippen LogP contribution in [0.25, 0.3) is 10.9 Å². The maximum Gasteiger partial charge on any atom is 0.331 e. The normalized spacial score (nSPS) is 31.1. The van der Waals surface area contributed by atoms with E-state index in [2.05, 4.69) is 15.5 Å². The van der Waals surface area contributed by atoms with Gasteiger partial charge >= 0.3 is 6.03 Å². The molecule has 6 aliphatic rings. The fourth-order valence-electron chi connectivity index (χ4n) is 9.18. The lowest BCUT2D eigenvalue weighted by molar-refractivity contribution is -0.151. The van der Waals surface area contributed by atoms with E-state index in [-0.39, 0.29) is 35.1 Å². The van der Waals surface area contributed by atoms with Crippen molar-refractivity contribution < 1.29 is 19.2 Å². The van der Waals surface area contributed by atoms with Gasteiger partial charge in [0, 0.05) is 36.6 Å². The molecule has 4 saturated carbocycles.